The number of halogens is 1. The van der Waals surface area contributed by atoms with Crippen LogP contribution in [-0.4, -0.2) is 16.4 Å². The zero-order chi connectivity index (χ0) is 17.7. The third kappa shape index (κ3) is 2.46. The van der Waals surface area contributed by atoms with Crippen LogP contribution in [0.3, 0.4) is 0 Å². The summed E-state index contributed by atoms with van der Waals surface area (Å²) in [5, 5.41) is 7.95. The first-order chi connectivity index (χ1) is 12.7. The van der Waals surface area contributed by atoms with Crippen molar-refractivity contribution in [1.29, 1.82) is 0 Å². The molecule has 4 nitrogen and oxygen atoms in total. The van der Waals surface area contributed by atoms with Gasteiger partial charge in [0.1, 0.15) is 17.2 Å². The Kier molecular flexibility index (Phi) is 3.78. The molecule has 2 aromatic rings. The number of hydrogen-bond donors (Lipinski definition) is 0. The number of ether oxygens (including phenoxy) is 1. The van der Waals surface area contributed by atoms with Gasteiger partial charge in [0, 0.05) is 29.8 Å². The summed E-state index contributed by atoms with van der Waals surface area (Å²) in [6.07, 6.45) is 8.18. The van der Waals surface area contributed by atoms with Crippen LogP contribution in [0, 0.1) is 5.92 Å². The number of rotatable bonds is 2. The first kappa shape index (κ1) is 16.2. The molecule has 1 saturated carbocycles. The fourth-order valence-electron chi connectivity index (χ4n) is 4.71. The van der Waals surface area contributed by atoms with Crippen molar-refractivity contribution < 1.29 is 9.15 Å². The minimum absolute atomic E-state index is 0.163. The number of nitrogens with zero attached hydrogens (tertiary/aromatic N) is 2. The van der Waals surface area contributed by atoms with Crippen molar-refractivity contribution >= 4 is 17.3 Å². The summed E-state index contributed by atoms with van der Waals surface area (Å²) in [5.41, 5.74) is 1.78. The van der Waals surface area contributed by atoms with Crippen LogP contribution in [0.15, 0.2) is 46.1 Å². The van der Waals surface area contributed by atoms with Crippen molar-refractivity contribution in [1.82, 2.24) is 5.01 Å². The Labute approximate surface area is 158 Å². The Morgan fingerprint density at radius 1 is 1.27 bits per heavy atom. The highest BCUT2D eigenvalue weighted by atomic mass is 35.5. The summed E-state index contributed by atoms with van der Waals surface area (Å²) in [7, 11) is 0. The molecule has 1 aliphatic carbocycles. The molecular weight excluding hydrogens is 348 g/mol. The number of benzene rings is 1. The lowest BCUT2D eigenvalue weighted by atomic mass is 9.80. The minimum atomic E-state index is -0.342. The van der Waals surface area contributed by atoms with E-state index in [4.69, 9.17) is 25.9 Å². The maximum atomic E-state index is 6.62. The van der Waals surface area contributed by atoms with Gasteiger partial charge in [-0.05, 0) is 49.1 Å². The van der Waals surface area contributed by atoms with Gasteiger partial charge in [0.2, 0.25) is 0 Å². The largest absolute Gasteiger partial charge is 0.466 e. The molecule has 1 unspecified atom stereocenters. The predicted octanol–water partition coefficient (Wildman–Crippen LogP) is 5.77. The molecule has 1 fully saturated rings. The molecule has 5 rings (SSSR count). The topological polar surface area (TPSA) is 38.0 Å². The van der Waals surface area contributed by atoms with Crippen LogP contribution in [0.5, 0.6) is 5.75 Å². The summed E-state index contributed by atoms with van der Waals surface area (Å²) in [4.78, 5) is 0. The van der Waals surface area contributed by atoms with Crippen molar-refractivity contribution in [3.8, 4) is 5.75 Å². The molecule has 0 radical (unpaired) electrons. The molecule has 5 heteroatoms. The van der Waals surface area contributed by atoms with Crippen LogP contribution in [-0.2, 0) is 0 Å². The lowest BCUT2D eigenvalue weighted by Gasteiger charge is -2.50. The molecule has 1 aromatic heterocycles. The molecule has 136 valence electrons. The number of hydrazone groups is 1. The maximum Gasteiger partial charge on any atom is 0.198 e. The highest BCUT2D eigenvalue weighted by molar-refractivity contribution is 6.30. The molecule has 26 heavy (non-hydrogen) atoms. The Morgan fingerprint density at radius 2 is 2.12 bits per heavy atom. The third-order valence-corrected chi connectivity index (χ3v) is 6.46. The van der Waals surface area contributed by atoms with E-state index in [0.29, 0.717) is 0 Å². The quantitative estimate of drug-likeness (QED) is 0.673. The third-order valence-electron chi connectivity index (χ3n) is 6.23. The molecule has 1 spiro atoms. The average molecular weight is 371 g/mol. The molecule has 1 atom stereocenters. The molecule has 3 aliphatic rings. The van der Waals surface area contributed by atoms with E-state index in [1.165, 1.54) is 19.3 Å². The smallest absolute Gasteiger partial charge is 0.198 e. The predicted molar refractivity (Wildman–Crippen MR) is 102 cm³/mol. The van der Waals surface area contributed by atoms with Gasteiger partial charge in [-0.3, -0.25) is 0 Å². The van der Waals surface area contributed by atoms with Gasteiger partial charge in [0.05, 0.1) is 12.3 Å². The Balaban J connectivity index is 1.57. The van der Waals surface area contributed by atoms with E-state index in [9.17, 15) is 0 Å². The number of hydrogen-bond acceptors (Lipinski definition) is 4. The highest BCUT2D eigenvalue weighted by Crippen LogP contribution is 2.52. The van der Waals surface area contributed by atoms with Crippen LogP contribution in [0.4, 0.5) is 0 Å². The molecule has 0 bridgehead atoms. The van der Waals surface area contributed by atoms with Gasteiger partial charge in [-0.1, -0.05) is 24.9 Å². The van der Waals surface area contributed by atoms with Crippen LogP contribution in [0.2, 0.25) is 5.02 Å². The second-order valence-electron chi connectivity index (χ2n) is 7.67. The van der Waals surface area contributed by atoms with Crippen molar-refractivity contribution in [2.24, 2.45) is 11.0 Å². The normalized spacial score (nSPS) is 29.9. The summed E-state index contributed by atoms with van der Waals surface area (Å²) < 4.78 is 12.2. The molecule has 1 aromatic carbocycles. The van der Waals surface area contributed by atoms with Gasteiger partial charge < -0.3 is 9.15 Å². The van der Waals surface area contributed by atoms with Gasteiger partial charge >= 0.3 is 0 Å². The zero-order valence-corrected chi connectivity index (χ0v) is 15.7. The van der Waals surface area contributed by atoms with Crippen molar-refractivity contribution in [3.05, 3.63) is 52.9 Å². The van der Waals surface area contributed by atoms with Gasteiger partial charge in [0.15, 0.2) is 5.72 Å². The first-order valence-electron chi connectivity index (χ1n) is 9.58. The molecule has 0 amide bonds. The van der Waals surface area contributed by atoms with Crippen molar-refractivity contribution in [2.75, 3.05) is 0 Å². The van der Waals surface area contributed by atoms with E-state index in [0.717, 1.165) is 53.0 Å². The highest BCUT2D eigenvalue weighted by Gasteiger charge is 2.52. The summed E-state index contributed by atoms with van der Waals surface area (Å²) >= 11 is 6.29. The van der Waals surface area contributed by atoms with Crippen LogP contribution in [0.25, 0.3) is 0 Å². The minimum Gasteiger partial charge on any atom is -0.466 e. The van der Waals surface area contributed by atoms with Crippen LogP contribution in [0.1, 0.15) is 62.8 Å². The van der Waals surface area contributed by atoms with E-state index in [2.05, 4.69) is 11.9 Å². The van der Waals surface area contributed by atoms with Crippen molar-refractivity contribution in [3.63, 3.8) is 0 Å². The second-order valence-corrected chi connectivity index (χ2v) is 8.11. The van der Waals surface area contributed by atoms with Crippen LogP contribution < -0.4 is 4.74 Å². The fourth-order valence-corrected chi connectivity index (χ4v) is 4.89. The monoisotopic (exact) mass is 370 g/mol. The lowest BCUT2D eigenvalue weighted by Crippen LogP contribution is -2.55. The molecule has 0 saturated heterocycles. The van der Waals surface area contributed by atoms with E-state index in [1.807, 2.05) is 30.3 Å². The average Bonchev–Trinajstić information content (AvgIpc) is 3.33. The molecule has 0 N–H and O–H groups in total. The second kappa shape index (κ2) is 6.05. The lowest BCUT2D eigenvalue weighted by molar-refractivity contribution is -0.146. The Bertz CT molecular complexity index is 838. The summed E-state index contributed by atoms with van der Waals surface area (Å²) in [6, 6.07) is 10.0. The Morgan fingerprint density at radius 3 is 2.85 bits per heavy atom. The van der Waals surface area contributed by atoms with Crippen LogP contribution >= 0.6 is 11.6 Å². The maximum absolute atomic E-state index is 6.62. The van der Waals surface area contributed by atoms with Gasteiger partial charge in [-0.15, -0.1) is 0 Å². The Hall–Kier alpha value is -1.94. The molecule has 2 aliphatic heterocycles. The number of fused-ring (bicyclic) bond motifs is 4. The summed E-state index contributed by atoms with van der Waals surface area (Å²) in [5.74, 6) is 2.60. The fraction of sp³-hybridized carbons (Fsp3) is 0.476. The zero-order valence-electron chi connectivity index (χ0n) is 15.0. The summed E-state index contributed by atoms with van der Waals surface area (Å²) in [6.45, 7) is 2.29. The molecule has 3 heterocycles. The first-order valence-corrected chi connectivity index (χ1v) is 9.95. The van der Waals surface area contributed by atoms with E-state index < -0.39 is 0 Å². The standard InChI is InChI=1S/C21H23ClN2O2/c1-2-14-7-9-21(10-8-14)24-18(13-17(23-24)20-4-3-11-25-20)16-12-15(22)5-6-19(16)26-21/h3-6,11-12,14,18H,2,7-10,13H2,1H3. The van der Waals surface area contributed by atoms with Crippen molar-refractivity contribution in [2.45, 2.75) is 57.2 Å². The number of furan rings is 1. The molecular formula is C21H23ClN2O2. The SMILES string of the molecule is CCC1CCC2(CC1)Oc1ccc(Cl)cc1C1CC(c3ccco3)=NN12. The van der Waals surface area contributed by atoms with Gasteiger partial charge in [-0.2, -0.15) is 5.10 Å². The van der Waals surface area contributed by atoms with E-state index in [-0.39, 0.29) is 11.8 Å². The van der Waals surface area contributed by atoms with Gasteiger partial charge in [0.25, 0.3) is 0 Å². The van der Waals surface area contributed by atoms with E-state index >= 15 is 0 Å². The van der Waals surface area contributed by atoms with E-state index in [1.54, 1.807) is 6.26 Å². The van der Waals surface area contributed by atoms with Gasteiger partial charge in [-0.25, -0.2) is 5.01 Å².